The standard InChI is InChI=1S/C25H28ClFN4O6S/c1-3-38(36,37)28(2)10-11-30-22(15-5-6-15)31-20(24(30)34)16-8-9-29(23(33)19(16)21(32)25(31)35)13-14-4-7-18(27)17(26)12-14/h4,7,12,15,22,32H,3,5-6,8-11,13H2,1-2H3. The normalized spacial score (nSPS) is 19.3. The van der Waals surface area contributed by atoms with Crippen LogP contribution in [0.15, 0.2) is 23.0 Å². The zero-order valence-electron chi connectivity index (χ0n) is 21.0. The molecule has 5 rings (SSSR count). The van der Waals surface area contributed by atoms with Crippen molar-refractivity contribution in [2.75, 3.05) is 32.4 Å². The second kappa shape index (κ2) is 9.65. The number of nitrogens with zero attached hydrogens (tertiary/aromatic N) is 4. The molecule has 1 fully saturated rings. The second-order valence-electron chi connectivity index (χ2n) is 9.92. The van der Waals surface area contributed by atoms with E-state index < -0.39 is 45.1 Å². The smallest absolute Gasteiger partial charge is 0.295 e. The predicted molar refractivity (Wildman–Crippen MR) is 137 cm³/mol. The van der Waals surface area contributed by atoms with E-state index in [9.17, 15) is 32.3 Å². The van der Waals surface area contributed by atoms with Crippen LogP contribution in [0.25, 0.3) is 0 Å². The van der Waals surface area contributed by atoms with Gasteiger partial charge in [-0.1, -0.05) is 17.7 Å². The Bertz CT molecular complexity index is 1510. The number of sulfonamides is 1. The Labute approximate surface area is 224 Å². The Morgan fingerprint density at radius 2 is 1.89 bits per heavy atom. The lowest BCUT2D eigenvalue weighted by Crippen LogP contribution is -2.41. The quantitative estimate of drug-likeness (QED) is 0.523. The molecule has 0 spiro atoms. The fourth-order valence-corrected chi connectivity index (χ4v) is 6.30. The van der Waals surface area contributed by atoms with Crippen molar-refractivity contribution in [2.24, 2.45) is 5.92 Å². The van der Waals surface area contributed by atoms with E-state index in [-0.39, 0.29) is 60.6 Å². The number of aromatic hydroxyl groups is 1. The van der Waals surface area contributed by atoms with Crippen molar-refractivity contribution in [3.63, 3.8) is 0 Å². The molecule has 204 valence electrons. The zero-order valence-corrected chi connectivity index (χ0v) is 22.6. The van der Waals surface area contributed by atoms with Gasteiger partial charge in [0.2, 0.25) is 10.0 Å². The highest BCUT2D eigenvalue weighted by Gasteiger charge is 2.49. The summed E-state index contributed by atoms with van der Waals surface area (Å²) in [5.74, 6) is -2.42. The van der Waals surface area contributed by atoms with Crippen molar-refractivity contribution < 1.29 is 27.5 Å². The van der Waals surface area contributed by atoms with E-state index >= 15 is 0 Å². The van der Waals surface area contributed by atoms with Crippen LogP contribution in [0.2, 0.25) is 5.02 Å². The number of likely N-dealkylation sites (N-methyl/N-ethyl adjacent to an activating group) is 1. The van der Waals surface area contributed by atoms with Crippen LogP contribution in [0.4, 0.5) is 4.39 Å². The maximum atomic E-state index is 13.7. The van der Waals surface area contributed by atoms with E-state index in [0.29, 0.717) is 11.1 Å². The molecule has 2 aromatic rings. The van der Waals surface area contributed by atoms with Crippen LogP contribution in [-0.4, -0.2) is 76.4 Å². The number of rotatable bonds is 8. The molecule has 1 unspecified atom stereocenters. The van der Waals surface area contributed by atoms with Crippen LogP contribution in [0.3, 0.4) is 0 Å². The zero-order chi connectivity index (χ0) is 27.5. The van der Waals surface area contributed by atoms with Crippen molar-refractivity contribution >= 4 is 33.4 Å². The highest BCUT2D eigenvalue weighted by atomic mass is 35.5. The summed E-state index contributed by atoms with van der Waals surface area (Å²) in [4.78, 5) is 43.4. The van der Waals surface area contributed by atoms with Crippen LogP contribution in [0, 0.1) is 11.7 Å². The molecule has 0 bridgehead atoms. The molecule has 1 atom stereocenters. The number of benzene rings is 1. The Kier molecular flexibility index (Phi) is 6.77. The van der Waals surface area contributed by atoms with Crippen LogP contribution in [-0.2, 0) is 23.0 Å². The van der Waals surface area contributed by atoms with Gasteiger partial charge in [-0.3, -0.25) is 19.0 Å². The van der Waals surface area contributed by atoms with E-state index in [0.717, 1.165) is 12.8 Å². The topological polar surface area (TPSA) is 120 Å². The molecule has 13 heteroatoms. The molecule has 3 aliphatic rings. The van der Waals surface area contributed by atoms with Crippen molar-refractivity contribution in [3.05, 3.63) is 61.8 Å². The average molecular weight is 567 g/mol. The fraction of sp³-hybridized carbons (Fsp3) is 0.480. The molecule has 1 aromatic heterocycles. The highest BCUT2D eigenvalue weighted by Crippen LogP contribution is 2.46. The lowest BCUT2D eigenvalue weighted by molar-refractivity contribution is 0.0657. The number of carbonyl (C=O) groups excluding carboxylic acids is 2. The first kappa shape index (κ1) is 26.6. The number of aromatic nitrogens is 1. The van der Waals surface area contributed by atoms with Crippen LogP contribution < -0.4 is 5.56 Å². The second-order valence-corrected chi connectivity index (χ2v) is 12.7. The number of amides is 2. The van der Waals surface area contributed by atoms with E-state index in [1.165, 1.54) is 50.8 Å². The van der Waals surface area contributed by atoms with Gasteiger partial charge in [0.1, 0.15) is 17.7 Å². The largest absolute Gasteiger partial charge is 0.502 e. The minimum absolute atomic E-state index is 0.00227. The molecule has 2 amide bonds. The minimum Gasteiger partial charge on any atom is -0.502 e. The molecule has 1 aliphatic carbocycles. The molecule has 3 heterocycles. The van der Waals surface area contributed by atoms with E-state index in [4.69, 9.17) is 11.6 Å². The molecular weight excluding hydrogens is 539 g/mol. The summed E-state index contributed by atoms with van der Waals surface area (Å²) in [5.41, 5.74) is -0.0448. The molecule has 38 heavy (non-hydrogen) atoms. The van der Waals surface area contributed by atoms with Gasteiger partial charge in [-0.2, -0.15) is 0 Å². The molecule has 1 saturated carbocycles. The summed E-state index contributed by atoms with van der Waals surface area (Å²) in [5, 5.41) is 10.8. The molecule has 10 nitrogen and oxygen atoms in total. The molecule has 0 saturated heterocycles. The van der Waals surface area contributed by atoms with Gasteiger partial charge < -0.3 is 14.9 Å². The number of fused-ring (bicyclic) bond motifs is 3. The Balaban J connectivity index is 1.49. The number of hydrogen-bond acceptors (Lipinski definition) is 6. The monoisotopic (exact) mass is 566 g/mol. The Hall–Kier alpha value is -2.96. The summed E-state index contributed by atoms with van der Waals surface area (Å²) < 4.78 is 40.5. The van der Waals surface area contributed by atoms with Crippen molar-refractivity contribution in [1.82, 2.24) is 18.7 Å². The first-order valence-corrected chi connectivity index (χ1v) is 14.4. The van der Waals surface area contributed by atoms with E-state index in [1.807, 2.05) is 0 Å². The van der Waals surface area contributed by atoms with Gasteiger partial charge in [0.15, 0.2) is 5.75 Å². The lowest BCUT2D eigenvalue weighted by Gasteiger charge is -2.30. The summed E-state index contributed by atoms with van der Waals surface area (Å²) in [6, 6.07) is 4.11. The van der Waals surface area contributed by atoms with Gasteiger partial charge in [-0.25, -0.2) is 17.1 Å². The van der Waals surface area contributed by atoms with Crippen LogP contribution >= 0.6 is 11.6 Å². The fourth-order valence-electron chi connectivity index (χ4n) is 5.30. The van der Waals surface area contributed by atoms with Crippen molar-refractivity contribution in [1.29, 1.82) is 0 Å². The number of carbonyl (C=O) groups is 2. The van der Waals surface area contributed by atoms with Crippen molar-refractivity contribution in [3.8, 4) is 5.75 Å². The summed E-state index contributed by atoms with van der Waals surface area (Å²) >= 11 is 5.87. The third-order valence-electron chi connectivity index (χ3n) is 7.56. The third-order valence-corrected chi connectivity index (χ3v) is 9.71. The molecule has 2 aliphatic heterocycles. The lowest BCUT2D eigenvalue weighted by atomic mass is 9.95. The predicted octanol–water partition coefficient (Wildman–Crippen LogP) is 2.19. The van der Waals surface area contributed by atoms with Gasteiger partial charge in [0.25, 0.3) is 17.4 Å². The van der Waals surface area contributed by atoms with Crippen LogP contribution in [0.1, 0.15) is 57.9 Å². The van der Waals surface area contributed by atoms with Gasteiger partial charge in [-0.15, -0.1) is 0 Å². The number of hydrogen-bond donors (Lipinski definition) is 1. The third kappa shape index (κ3) is 4.38. The summed E-state index contributed by atoms with van der Waals surface area (Å²) in [7, 11) is -2.02. The average Bonchev–Trinajstić information content (AvgIpc) is 3.68. The first-order chi connectivity index (χ1) is 18.0. The van der Waals surface area contributed by atoms with Gasteiger partial charge in [0.05, 0.1) is 16.3 Å². The first-order valence-electron chi connectivity index (χ1n) is 12.4. The minimum atomic E-state index is -3.46. The van der Waals surface area contributed by atoms with Gasteiger partial charge in [-0.05, 0) is 49.8 Å². The Morgan fingerprint density at radius 1 is 1.18 bits per heavy atom. The molecule has 1 aromatic carbocycles. The Morgan fingerprint density at radius 3 is 2.53 bits per heavy atom. The maximum absolute atomic E-state index is 13.7. The summed E-state index contributed by atoms with van der Waals surface area (Å²) in [6.07, 6.45) is 1.15. The van der Waals surface area contributed by atoms with Crippen LogP contribution in [0.5, 0.6) is 5.75 Å². The number of pyridine rings is 1. The van der Waals surface area contributed by atoms with Gasteiger partial charge in [0, 0.05) is 38.8 Å². The SMILES string of the molecule is CCS(=O)(=O)N(C)CCN1C(=O)c2c3c(c(O)c(=O)n2C1C1CC1)C(=O)N(Cc1ccc(F)c(Cl)c1)CC3. The molecule has 0 radical (unpaired) electrons. The van der Waals surface area contributed by atoms with Gasteiger partial charge >= 0.3 is 0 Å². The summed E-state index contributed by atoms with van der Waals surface area (Å²) in [6.45, 7) is 1.95. The number of halogens is 2. The van der Waals surface area contributed by atoms with E-state index in [2.05, 4.69) is 0 Å². The maximum Gasteiger partial charge on any atom is 0.295 e. The van der Waals surface area contributed by atoms with E-state index in [1.54, 1.807) is 0 Å². The molecular formula is C25H28ClFN4O6S. The molecule has 1 N–H and O–H groups in total. The van der Waals surface area contributed by atoms with Crippen molar-refractivity contribution in [2.45, 2.75) is 38.9 Å². The highest BCUT2D eigenvalue weighted by molar-refractivity contribution is 7.89.